The number of nitrogens with zero attached hydrogens (tertiary/aromatic N) is 1. The topological polar surface area (TPSA) is 66.8 Å². The highest BCUT2D eigenvalue weighted by atomic mass is 16.5. The Labute approximate surface area is 154 Å². The van der Waals surface area contributed by atoms with Gasteiger partial charge in [0, 0.05) is 6.42 Å². The van der Waals surface area contributed by atoms with Crippen LogP contribution >= 0.6 is 0 Å². The maximum atomic E-state index is 10.8. The molecule has 0 radical (unpaired) electrons. The minimum atomic E-state index is -1.23. The number of carboxylic acid groups (broad SMARTS) is 1. The van der Waals surface area contributed by atoms with Crippen LogP contribution in [0.2, 0.25) is 0 Å². The number of aliphatic hydroxyl groups excluding tert-OH is 1. The Balaban J connectivity index is 2.15. The molecule has 5 heteroatoms. The van der Waals surface area contributed by atoms with Crippen molar-refractivity contribution in [3.8, 4) is 0 Å². The van der Waals surface area contributed by atoms with E-state index in [0.717, 1.165) is 43.9 Å². The van der Waals surface area contributed by atoms with E-state index in [9.17, 15) is 9.90 Å². The second-order valence-electron chi connectivity index (χ2n) is 7.67. The SMILES string of the molecule is CCCCCCCCCCCC[N+]1(CCC(O)C(=O)O)CCOCC1. The summed E-state index contributed by atoms with van der Waals surface area (Å²) in [4.78, 5) is 10.8. The van der Waals surface area contributed by atoms with Crippen molar-refractivity contribution in [3.63, 3.8) is 0 Å². The summed E-state index contributed by atoms with van der Waals surface area (Å²) in [5, 5.41) is 18.5. The second kappa shape index (κ2) is 13.5. The Kier molecular flexibility index (Phi) is 12.1. The van der Waals surface area contributed by atoms with Crippen LogP contribution in [0.1, 0.15) is 77.6 Å². The summed E-state index contributed by atoms with van der Waals surface area (Å²) in [6.07, 6.45) is 12.4. The van der Waals surface area contributed by atoms with Gasteiger partial charge < -0.3 is 19.4 Å². The third kappa shape index (κ3) is 10.2. The van der Waals surface area contributed by atoms with Crippen molar-refractivity contribution in [1.29, 1.82) is 0 Å². The molecule has 1 atom stereocenters. The number of rotatable bonds is 15. The Morgan fingerprint density at radius 1 is 0.920 bits per heavy atom. The van der Waals surface area contributed by atoms with Gasteiger partial charge >= 0.3 is 5.97 Å². The molecule has 0 amide bonds. The second-order valence-corrected chi connectivity index (χ2v) is 7.67. The van der Waals surface area contributed by atoms with Crippen LogP contribution in [0.3, 0.4) is 0 Å². The molecular formula is C20H40NO4+. The monoisotopic (exact) mass is 358 g/mol. The number of aliphatic carboxylic acids is 1. The summed E-state index contributed by atoms with van der Waals surface area (Å²) in [5.74, 6) is -1.11. The van der Waals surface area contributed by atoms with Crippen LogP contribution in [-0.4, -0.2) is 66.2 Å². The smallest absolute Gasteiger partial charge is 0.332 e. The molecule has 0 spiro atoms. The van der Waals surface area contributed by atoms with E-state index >= 15 is 0 Å². The zero-order valence-corrected chi connectivity index (χ0v) is 16.3. The Morgan fingerprint density at radius 3 is 1.96 bits per heavy atom. The normalized spacial score (nSPS) is 18.2. The molecule has 1 saturated heterocycles. The first kappa shape index (κ1) is 22.4. The third-order valence-electron chi connectivity index (χ3n) is 5.57. The fraction of sp³-hybridized carbons (Fsp3) is 0.950. The van der Waals surface area contributed by atoms with Crippen LogP contribution in [-0.2, 0) is 9.53 Å². The predicted molar refractivity (Wildman–Crippen MR) is 101 cm³/mol. The fourth-order valence-corrected chi connectivity index (χ4v) is 3.74. The van der Waals surface area contributed by atoms with Gasteiger partial charge in [-0.2, -0.15) is 0 Å². The van der Waals surface area contributed by atoms with Gasteiger partial charge in [0.2, 0.25) is 0 Å². The van der Waals surface area contributed by atoms with Crippen molar-refractivity contribution in [2.45, 2.75) is 83.7 Å². The van der Waals surface area contributed by atoms with Crippen LogP contribution in [0.4, 0.5) is 0 Å². The standard InChI is InChI=1S/C20H39NO4/c1-2-3-4-5-6-7-8-9-10-11-13-21(15-17-25-18-16-21)14-12-19(22)20(23)24/h19,22H,2-18H2,1H3/p+1. The number of quaternary nitrogens is 1. The number of unbranched alkanes of at least 4 members (excludes halogenated alkanes) is 9. The summed E-state index contributed by atoms with van der Waals surface area (Å²) in [6, 6.07) is 0. The number of hydrogen-bond donors (Lipinski definition) is 2. The average molecular weight is 359 g/mol. The molecule has 1 aliphatic heterocycles. The van der Waals surface area contributed by atoms with E-state index in [-0.39, 0.29) is 0 Å². The summed E-state index contributed by atoms with van der Waals surface area (Å²) in [5.41, 5.74) is 0. The van der Waals surface area contributed by atoms with E-state index in [1.54, 1.807) is 0 Å². The molecule has 25 heavy (non-hydrogen) atoms. The quantitative estimate of drug-likeness (QED) is 0.347. The summed E-state index contributed by atoms with van der Waals surface area (Å²) in [6.45, 7) is 7.49. The maximum Gasteiger partial charge on any atom is 0.332 e. The third-order valence-corrected chi connectivity index (χ3v) is 5.57. The van der Waals surface area contributed by atoms with E-state index in [2.05, 4.69) is 6.92 Å². The summed E-state index contributed by atoms with van der Waals surface area (Å²) < 4.78 is 6.40. The molecule has 0 saturated carbocycles. The van der Waals surface area contributed by atoms with E-state index in [4.69, 9.17) is 9.84 Å². The molecule has 1 fully saturated rings. The van der Waals surface area contributed by atoms with Gasteiger partial charge in [0.15, 0.2) is 6.10 Å². The molecule has 148 valence electrons. The lowest BCUT2D eigenvalue weighted by Crippen LogP contribution is -2.56. The van der Waals surface area contributed by atoms with Crippen molar-refractivity contribution in [1.82, 2.24) is 0 Å². The molecule has 1 heterocycles. The van der Waals surface area contributed by atoms with Crippen LogP contribution in [0.15, 0.2) is 0 Å². The highest BCUT2D eigenvalue weighted by Gasteiger charge is 2.31. The molecular weight excluding hydrogens is 318 g/mol. The number of carbonyl (C=O) groups is 1. The molecule has 1 aliphatic rings. The van der Waals surface area contributed by atoms with Gasteiger partial charge in [0.25, 0.3) is 0 Å². The van der Waals surface area contributed by atoms with Crippen molar-refractivity contribution in [2.75, 3.05) is 39.4 Å². The number of ether oxygens (including phenoxy) is 1. The molecule has 1 unspecified atom stereocenters. The van der Waals surface area contributed by atoms with Crippen LogP contribution in [0.5, 0.6) is 0 Å². The van der Waals surface area contributed by atoms with Crippen LogP contribution < -0.4 is 0 Å². The largest absolute Gasteiger partial charge is 0.479 e. The number of morpholine rings is 1. The minimum absolute atomic E-state index is 0.340. The van der Waals surface area contributed by atoms with Crippen molar-refractivity contribution >= 4 is 5.97 Å². The molecule has 5 nitrogen and oxygen atoms in total. The Morgan fingerprint density at radius 2 is 1.44 bits per heavy atom. The first-order valence-corrected chi connectivity index (χ1v) is 10.4. The Hall–Kier alpha value is -0.650. The first-order chi connectivity index (χ1) is 12.1. The lowest BCUT2D eigenvalue weighted by atomic mass is 10.1. The van der Waals surface area contributed by atoms with Crippen molar-refractivity contribution in [3.05, 3.63) is 0 Å². The zero-order valence-electron chi connectivity index (χ0n) is 16.3. The van der Waals surface area contributed by atoms with Crippen LogP contribution in [0, 0.1) is 0 Å². The fourth-order valence-electron chi connectivity index (χ4n) is 3.74. The van der Waals surface area contributed by atoms with Crippen molar-refractivity contribution in [2.24, 2.45) is 0 Å². The molecule has 0 bridgehead atoms. The lowest BCUT2D eigenvalue weighted by molar-refractivity contribution is -0.935. The van der Waals surface area contributed by atoms with Gasteiger partial charge in [-0.05, 0) is 12.8 Å². The number of hydrogen-bond acceptors (Lipinski definition) is 3. The highest BCUT2D eigenvalue weighted by Crippen LogP contribution is 2.17. The van der Waals surface area contributed by atoms with Gasteiger partial charge in [-0.25, -0.2) is 4.79 Å². The van der Waals surface area contributed by atoms with Crippen LogP contribution in [0.25, 0.3) is 0 Å². The highest BCUT2D eigenvalue weighted by molar-refractivity contribution is 5.71. The van der Waals surface area contributed by atoms with Gasteiger partial charge in [-0.15, -0.1) is 0 Å². The average Bonchev–Trinajstić information content (AvgIpc) is 2.62. The number of carboxylic acids is 1. The minimum Gasteiger partial charge on any atom is -0.479 e. The van der Waals surface area contributed by atoms with Gasteiger partial charge in [-0.3, -0.25) is 0 Å². The molecule has 0 aromatic carbocycles. The van der Waals surface area contributed by atoms with E-state index in [0.29, 0.717) is 6.42 Å². The molecule has 2 N–H and O–H groups in total. The van der Waals surface area contributed by atoms with Gasteiger partial charge in [-0.1, -0.05) is 58.3 Å². The lowest BCUT2D eigenvalue weighted by Gasteiger charge is -2.41. The van der Waals surface area contributed by atoms with Gasteiger partial charge in [0.1, 0.15) is 13.1 Å². The summed E-state index contributed by atoms with van der Waals surface area (Å²) in [7, 11) is 0. The molecule has 1 rings (SSSR count). The maximum absolute atomic E-state index is 10.8. The Bertz CT molecular complexity index is 343. The van der Waals surface area contributed by atoms with E-state index in [1.165, 1.54) is 64.2 Å². The first-order valence-electron chi connectivity index (χ1n) is 10.4. The van der Waals surface area contributed by atoms with E-state index in [1.807, 2.05) is 0 Å². The molecule has 0 aliphatic carbocycles. The molecule has 0 aromatic rings. The van der Waals surface area contributed by atoms with Gasteiger partial charge in [0.05, 0.1) is 26.3 Å². The molecule has 0 aromatic heterocycles. The van der Waals surface area contributed by atoms with E-state index < -0.39 is 12.1 Å². The van der Waals surface area contributed by atoms with Crippen molar-refractivity contribution < 1.29 is 24.2 Å². The summed E-state index contributed by atoms with van der Waals surface area (Å²) >= 11 is 0. The predicted octanol–water partition coefficient (Wildman–Crippen LogP) is 3.59. The number of aliphatic hydroxyl groups is 1. The zero-order chi connectivity index (χ0) is 18.4.